The third-order valence-electron chi connectivity index (χ3n) is 1.29. The van der Waals surface area contributed by atoms with Gasteiger partial charge in [-0.05, 0) is 25.5 Å². The van der Waals surface area contributed by atoms with E-state index in [-0.39, 0.29) is 0 Å². The Labute approximate surface area is 61.4 Å². The summed E-state index contributed by atoms with van der Waals surface area (Å²) in [4.78, 5) is 4.15. The second-order valence-electron chi connectivity index (χ2n) is 2.23. The third-order valence-corrected chi connectivity index (χ3v) is 1.29. The molecule has 0 saturated carbocycles. The average Bonchev–Trinajstić information content (AvgIpc) is 1.95. The third kappa shape index (κ3) is 1.69. The van der Waals surface area contributed by atoms with E-state index in [9.17, 15) is 0 Å². The Kier molecular flexibility index (Phi) is 2.21. The van der Waals surface area contributed by atoms with E-state index in [1.807, 2.05) is 38.3 Å². The van der Waals surface area contributed by atoms with Crippen LogP contribution in [-0.4, -0.2) is 4.98 Å². The molecule has 0 aromatic carbocycles. The molecule has 10 heavy (non-hydrogen) atoms. The summed E-state index contributed by atoms with van der Waals surface area (Å²) < 4.78 is 0. The highest BCUT2D eigenvalue weighted by atomic mass is 14.6. The van der Waals surface area contributed by atoms with Gasteiger partial charge < -0.3 is 0 Å². The van der Waals surface area contributed by atoms with E-state index in [4.69, 9.17) is 0 Å². The van der Waals surface area contributed by atoms with Gasteiger partial charge in [0.2, 0.25) is 0 Å². The molecular weight excluding hydrogens is 122 g/mol. The number of allylic oxidation sites excluding steroid dienone is 1. The van der Waals surface area contributed by atoms with E-state index in [2.05, 4.69) is 11.1 Å². The minimum Gasteiger partial charge on any atom is -0.261 e. The summed E-state index contributed by atoms with van der Waals surface area (Å²) in [5.74, 6) is 0. The van der Waals surface area contributed by atoms with Crippen molar-refractivity contribution in [2.75, 3.05) is 0 Å². The second-order valence-corrected chi connectivity index (χ2v) is 2.23. The molecule has 0 aliphatic carbocycles. The van der Waals surface area contributed by atoms with Crippen LogP contribution in [0.4, 0.5) is 0 Å². The first-order valence-corrected chi connectivity index (χ1v) is 3.38. The zero-order chi connectivity index (χ0) is 7.40. The smallest absolute Gasteiger partial charge is 0.0373 e. The first kappa shape index (κ1) is 7.00. The van der Waals surface area contributed by atoms with Crippen molar-refractivity contribution in [1.82, 2.24) is 4.98 Å². The molecule has 0 radical (unpaired) electrons. The fourth-order valence-electron chi connectivity index (χ4n) is 0.770. The van der Waals surface area contributed by atoms with Crippen molar-refractivity contribution in [2.45, 2.75) is 13.8 Å². The molecule has 52 valence electrons. The van der Waals surface area contributed by atoms with E-state index in [1.54, 1.807) is 0 Å². The molecule has 1 rings (SSSR count). The molecule has 1 heteroatoms. The average molecular weight is 133 g/mol. The van der Waals surface area contributed by atoms with Crippen LogP contribution in [0.2, 0.25) is 0 Å². The normalized spacial score (nSPS) is 10.6. The maximum Gasteiger partial charge on any atom is 0.0373 e. The summed E-state index contributed by atoms with van der Waals surface area (Å²) in [5.41, 5.74) is 2.22. The quantitative estimate of drug-likeness (QED) is 0.573. The van der Waals surface area contributed by atoms with Gasteiger partial charge in [-0.3, -0.25) is 4.98 Å². The number of aryl methyl sites for hydroxylation is 1. The van der Waals surface area contributed by atoms with Crippen LogP contribution in [0, 0.1) is 6.92 Å². The lowest BCUT2D eigenvalue weighted by atomic mass is 10.2. The van der Waals surface area contributed by atoms with Crippen LogP contribution < -0.4 is 0 Å². The molecule has 0 spiro atoms. The Morgan fingerprint density at radius 2 is 2.20 bits per heavy atom. The highest BCUT2D eigenvalue weighted by Gasteiger charge is 1.84. The SMILES string of the molecule is CC=Cc1ccc(C)nc1. The number of aromatic nitrogens is 1. The molecule has 0 amide bonds. The van der Waals surface area contributed by atoms with E-state index in [0.717, 1.165) is 11.3 Å². The predicted octanol–water partition coefficient (Wildman–Crippen LogP) is 2.42. The van der Waals surface area contributed by atoms with Crippen molar-refractivity contribution < 1.29 is 0 Å². The summed E-state index contributed by atoms with van der Waals surface area (Å²) in [6.07, 6.45) is 5.91. The largest absolute Gasteiger partial charge is 0.261 e. The predicted molar refractivity (Wildman–Crippen MR) is 43.7 cm³/mol. The Morgan fingerprint density at radius 3 is 2.70 bits per heavy atom. The Hall–Kier alpha value is -1.11. The van der Waals surface area contributed by atoms with Gasteiger partial charge in [-0.25, -0.2) is 0 Å². The molecular formula is C9H11N. The van der Waals surface area contributed by atoms with Gasteiger partial charge in [0.1, 0.15) is 0 Å². The molecule has 1 aromatic rings. The van der Waals surface area contributed by atoms with Crippen LogP contribution >= 0.6 is 0 Å². The standard InChI is InChI=1S/C9H11N/c1-3-4-9-6-5-8(2)10-7-9/h3-7H,1-2H3. The number of hydrogen-bond acceptors (Lipinski definition) is 1. The zero-order valence-electron chi connectivity index (χ0n) is 6.33. The number of pyridine rings is 1. The molecule has 0 saturated heterocycles. The van der Waals surface area contributed by atoms with Crippen LogP contribution in [0.25, 0.3) is 6.08 Å². The molecule has 1 nitrogen and oxygen atoms in total. The van der Waals surface area contributed by atoms with Gasteiger partial charge in [0.05, 0.1) is 0 Å². The number of rotatable bonds is 1. The van der Waals surface area contributed by atoms with Gasteiger partial charge >= 0.3 is 0 Å². The summed E-state index contributed by atoms with van der Waals surface area (Å²) in [5, 5.41) is 0. The first-order chi connectivity index (χ1) is 4.83. The van der Waals surface area contributed by atoms with E-state index >= 15 is 0 Å². The molecule has 0 aliphatic heterocycles. The lowest BCUT2D eigenvalue weighted by Gasteiger charge is -1.91. The molecule has 0 fully saturated rings. The van der Waals surface area contributed by atoms with Crippen molar-refractivity contribution in [3.05, 3.63) is 35.7 Å². The minimum absolute atomic E-state index is 1.06. The summed E-state index contributed by atoms with van der Waals surface area (Å²) in [7, 11) is 0. The van der Waals surface area contributed by atoms with Crippen molar-refractivity contribution in [2.24, 2.45) is 0 Å². The molecule has 0 N–H and O–H groups in total. The van der Waals surface area contributed by atoms with Gasteiger partial charge in [-0.15, -0.1) is 0 Å². The van der Waals surface area contributed by atoms with E-state index in [0.29, 0.717) is 0 Å². The van der Waals surface area contributed by atoms with Crippen LogP contribution in [0.15, 0.2) is 24.4 Å². The van der Waals surface area contributed by atoms with Gasteiger partial charge in [0.25, 0.3) is 0 Å². The maximum atomic E-state index is 4.15. The van der Waals surface area contributed by atoms with E-state index in [1.165, 1.54) is 0 Å². The van der Waals surface area contributed by atoms with Gasteiger partial charge in [0, 0.05) is 11.9 Å². The van der Waals surface area contributed by atoms with Crippen LogP contribution in [0.3, 0.4) is 0 Å². The van der Waals surface area contributed by atoms with Gasteiger partial charge in [-0.2, -0.15) is 0 Å². The van der Waals surface area contributed by atoms with Crippen LogP contribution in [0.5, 0.6) is 0 Å². The molecule has 0 atom stereocenters. The van der Waals surface area contributed by atoms with Gasteiger partial charge in [-0.1, -0.05) is 18.2 Å². The molecule has 1 heterocycles. The fraction of sp³-hybridized carbons (Fsp3) is 0.222. The van der Waals surface area contributed by atoms with Gasteiger partial charge in [0.15, 0.2) is 0 Å². The topological polar surface area (TPSA) is 12.9 Å². The summed E-state index contributed by atoms with van der Waals surface area (Å²) in [6, 6.07) is 4.07. The highest BCUT2D eigenvalue weighted by molar-refractivity contribution is 5.47. The first-order valence-electron chi connectivity index (χ1n) is 3.38. The molecule has 0 unspecified atom stereocenters. The van der Waals surface area contributed by atoms with Crippen LogP contribution in [0.1, 0.15) is 18.2 Å². The minimum atomic E-state index is 1.06. The molecule has 0 bridgehead atoms. The summed E-state index contributed by atoms with van der Waals surface area (Å²) >= 11 is 0. The van der Waals surface area contributed by atoms with Crippen LogP contribution in [-0.2, 0) is 0 Å². The Morgan fingerprint density at radius 1 is 1.40 bits per heavy atom. The lowest BCUT2D eigenvalue weighted by molar-refractivity contribution is 1.19. The number of hydrogen-bond donors (Lipinski definition) is 0. The fourth-order valence-corrected chi connectivity index (χ4v) is 0.770. The monoisotopic (exact) mass is 133 g/mol. The zero-order valence-corrected chi connectivity index (χ0v) is 6.33. The van der Waals surface area contributed by atoms with Crippen molar-refractivity contribution in [3.63, 3.8) is 0 Å². The summed E-state index contributed by atoms with van der Waals surface area (Å²) in [6.45, 7) is 3.99. The second kappa shape index (κ2) is 3.16. The molecule has 1 aromatic heterocycles. The maximum absolute atomic E-state index is 4.15. The van der Waals surface area contributed by atoms with E-state index < -0.39 is 0 Å². The number of nitrogens with zero attached hydrogens (tertiary/aromatic N) is 1. The Bertz CT molecular complexity index is 221. The highest BCUT2D eigenvalue weighted by Crippen LogP contribution is 2.00. The van der Waals surface area contributed by atoms with Crippen molar-refractivity contribution in [1.29, 1.82) is 0 Å². The van der Waals surface area contributed by atoms with Crippen molar-refractivity contribution in [3.8, 4) is 0 Å². The van der Waals surface area contributed by atoms with Crippen molar-refractivity contribution >= 4 is 6.08 Å². The Balaban J connectivity index is 2.89. The molecule has 0 aliphatic rings. The lowest BCUT2D eigenvalue weighted by Crippen LogP contribution is -1.79.